The molecule has 2 aromatic carbocycles. The fourth-order valence-electron chi connectivity index (χ4n) is 3.61. The summed E-state index contributed by atoms with van der Waals surface area (Å²) in [5, 5.41) is 2.66. The SMILES string of the molecule is COc1ccc2c(CCCCN3CCC(C)CC3)cccc2c1.[Cl-]. The van der Waals surface area contributed by atoms with Gasteiger partial charge in [0.25, 0.3) is 0 Å². The molecule has 1 heterocycles. The molecule has 0 aromatic heterocycles. The molecule has 1 fully saturated rings. The third-order valence-corrected chi connectivity index (χ3v) is 5.22. The van der Waals surface area contributed by atoms with E-state index in [0.29, 0.717) is 0 Å². The van der Waals surface area contributed by atoms with Crippen molar-refractivity contribution in [1.82, 2.24) is 4.90 Å². The second-order valence-corrected chi connectivity index (χ2v) is 6.99. The number of rotatable bonds is 6. The molecule has 1 aliphatic rings. The monoisotopic (exact) mass is 346 g/mol. The first-order chi connectivity index (χ1) is 11.3. The number of hydrogen-bond donors (Lipinski definition) is 0. The van der Waals surface area contributed by atoms with Crippen molar-refractivity contribution in [3.8, 4) is 5.75 Å². The molecule has 0 N–H and O–H groups in total. The number of hydrogen-bond acceptors (Lipinski definition) is 2. The van der Waals surface area contributed by atoms with Crippen molar-refractivity contribution in [2.24, 2.45) is 5.92 Å². The van der Waals surface area contributed by atoms with Gasteiger partial charge in [-0.3, -0.25) is 0 Å². The van der Waals surface area contributed by atoms with Crippen LogP contribution in [-0.2, 0) is 6.42 Å². The van der Waals surface area contributed by atoms with E-state index in [2.05, 4.69) is 48.2 Å². The second-order valence-electron chi connectivity index (χ2n) is 6.99. The molecule has 2 aromatic rings. The van der Waals surface area contributed by atoms with Gasteiger partial charge >= 0.3 is 0 Å². The lowest BCUT2D eigenvalue weighted by molar-refractivity contribution is -0.00000516. The van der Waals surface area contributed by atoms with E-state index in [0.717, 1.165) is 11.7 Å². The molecule has 0 saturated carbocycles. The van der Waals surface area contributed by atoms with E-state index in [1.807, 2.05) is 0 Å². The third-order valence-electron chi connectivity index (χ3n) is 5.22. The molecular formula is C21H29ClNO-. The van der Waals surface area contributed by atoms with Gasteiger partial charge in [-0.25, -0.2) is 0 Å². The van der Waals surface area contributed by atoms with E-state index in [4.69, 9.17) is 4.74 Å². The standard InChI is InChI=1S/C21H29NO.ClH/c1-17-11-14-22(15-12-17)13-4-3-6-18-7-5-8-19-16-20(23-2)9-10-21(18)19;/h5,7-10,16-17H,3-4,6,11-15H2,1-2H3;1H/p-1. The maximum atomic E-state index is 5.33. The van der Waals surface area contributed by atoms with Crippen molar-refractivity contribution in [3.05, 3.63) is 42.0 Å². The summed E-state index contributed by atoms with van der Waals surface area (Å²) in [4.78, 5) is 2.65. The highest BCUT2D eigenvalue weighted by molar-refractivity contribution is 5.87. The van der Waals surface area contributed by atoms with Crippen LogP contribution in [0.1, 0.15) is 38.2 Å². The van der Waals surface area contributed by atoms with E-state index in [9.17, 15) is 0 Å². The number of benzene rings is 2. The molecule has 1 aliphatic heterocycles. The molecule has 1 saturated heterocycles. The zero-order chi connectivity index (χ0) is 16.1. The van der Waals surface area contributed by atoms with E-state index in [1.165, 1.54) is 68.1 Å². The lowest BCUT2D eigenvalue weighted by Gasteiger charge is -2.30. The fourth-order valence-corrected chi connectivity index (χ4v) is 3.61. The number of ether oxygens (including phenoxy) is 1. The Hall–Kier alpha value is -1.25. The van der Waals surface area contributed by atoms with Crippen LogP contribution in [0.15, 0.2) is 36.4 Å². The Labute approximate surface area is 152 Å². The number of halogens is 1. The molecule has 0 spiro atoms. The van der Waals surface area contributed by atoms with Crippen LogP contribution in [0.4, 0.5) is 0 Å². The van der Waals surface area contributed by atoms with Crippen LogP contribution in [0.25, 0.3) is 10.8 Å². The highest BCUT2D eigenvalue weighted by Gasteiger charge is 2.14. The van der Waals surface area contributed by atoms with Crippen molar-refractivity contribution in [2.45, 2.75) is 39.0 Å². The van der Waals surface area contributed by atoms with Crippen molar-refractivity contribution >= 4 is 10.8 Å². The smallest absolute Gasteiger partial charge is 0.119 e. The lowest BCUT2D eigenvalue weighted by atomic mass is 9.98. The minimum absolute atomic E-state index is 0. The highest BCUT2D eigenvalue weighted by Crippen LogP contribution is 2.25. The summed E-state index contributed by atoms with van der Waals surface area (Å²) in [7, 11) is 1.73. The van der Waals surface area contributed by atoms with Gasteiger partial charge in [0.1, 0.15) is 5.75 Å². The molecule has 0 atom stereocenters. The summed E-state index contributed by atoms with van der Waals surface area (Å²) >= 11 is 0. The second kappa shape index (κ2) is 9.29. The first kappa shape index (κ1) is 19.1. The third kappa shape index (κ3) is 4.87. The molecule has 2 nitrogen and oxygen atoms in total. The average Bonchev–Trinajstić information content (AvgIpc) is 2.59. The number of likely N-dealkylation sites (tertiary alicyclic amines) is 1. The summed E-state index contributed by atoms with van der Waals surface area (Å²) in [6.45, 7) is 6.25. The van der Waals surface area contributed by atoms with Gasteiger partial charge in [0.15, 0.2) is 0 Å². The van der Waals surface area contributed by atoms with Crippen molar-refractivity contribution < 1.29 is 17.1 Å². The largest absolute Gasteiger partial charge is 1.00 e. The number of aryl methyl sites for hydroxylation is 1. The zero-order valence-corrected chi connectivity index (χ0v) is 15.7. The van der Waals surface area contributed by atoms with Crippen LogP contribution in [-0.4, -0.2) is 31.6 Å². The van der Waals surface area contributed by atoms with Crippen LogP contribution >= 0.6 is 0 Å². The Kier molecular flexibility index (Phi) is 7.39. The normalized spacial score (nSPS) is 16.1. The molecule has 0 aliphatic carbocycles. The Bertz CT molecular complexity index is 635. The van der Waals surface area contributed by atoms with Gasteiger partial charge in [0, 0.05) is 0 Å². The van der Waals surface area contributed by atoms with Crippen molar-refractivity contribution in [2.75, 3.05) is 26.7 Å². The Morgan fingerprint density at radius 3 is 2.62 bits per heavy atom. The summed E-state index contributed by atoms with van der Waals surface area (Å²) in [6, 6.07) is 13.0. The van der Waals surface area contributed by atoms with Gasteiger partial charge in [0.2, 0.25) is 0 Å². The quantitative estimate of drug-likeness (QED) is 0.741. The van der Waals surface area contributed by atoms with E-state index in [1.54, 1.807) is 7.11 Å². The lowest BCUT2D eigenvalue weighted by Crippen LogP contribution is -3.00. The molecule has 3 heteroatoms. The van der Waals surface area contributed by atoms with Crippen LogP contribution in [0.5, 0.6) is 5.75 Å². The molecule has 0 amide bonds. The molecule has 24 heavy (non-hydrogen) atoms. The predicted octanol–water partition coefficient (Wildman–Crippen LogP) is 1.91. The molecular weight excluding hydrogens is 318 g/mol. The van der Waals surface area contributed by atoms with Gasteiger partial charge in [-0.15, -0.1) is 0 Å². The number of piperidine rings is 1. The van der Waals surface area contributed by atoms with Crippen LogP contribution in [0.3, 0.4) is 0 Å². The van der Waals surface area contributed by atoms with Gasteiger partial charge in [-0.05, 0) is 86.1 Å². The molecule has 0 unspecified atom stereocenters. The van der Waals surface area contributed by atoms with Gasteiger partial charge in [0.05, 0.1) is 7.11 Å². The minimum Gasteiger partial charge on any atom is -1.00 e. The van der Waals surface area contributed by atoms with E-state index < -0.39 is 0 Å². The first-order valence-electron chi connectivity index (χ1n) is 9.04. The molecule has 0 bridgehead atoms. The summed E-state index contributed by atoms with van der Waals surface area (Å²) in [5.74, 6) is 1.87. The minimum atomic E-state index is 0. The van der Waals surface area contributed by atoms with Gasteiger partial charge < -0.3 is 22.0 Å². The van der Waals surface area contributed by atoms with Crippen molar-refractivity contribution in [3.63, 3.8) is 0 Å². The molecule has 0 radical (unpaired) electrons. The number of methoxy groups -OCH3 is 1. The van der Waals surface area contributed by atoms with Crippen LogP contribution in [0, 0.1) is 5.92 Å². The van der Waals surface area contributed by atoms with Gasteiger partial charge in [-0.1, -0.05) is 31.2 Å². The summed E-state index contributed by atoms with van der Waals surface area (Å²) in [6.07, 6.45) is 6.52. The number of fused-ring (bicyclic) bond motifs is 1. The van der Waals surface area contributed by atoms with Crippen LogP contribution < -0.4 is 17.1 Å². The molecule has 132 valence electrons. The Morgan fingerprint density at radius 2 is 1.88 bits per heavy atom. The topological polar surface area (TPSA) is 12.5 Å². The summed E-state index contributed by atoms with van der Waals surface area (Å²) < 4.78 is 5.33. The predicted molar refractivity (Wildman–Crippen MR) is 98.3 cm³/mol. The van der Waals surface area contributed by atoms with E-state index in [-0.39, 0.29) is 12.4 Å². The average molecular weight is 347 g/mol. The highest BCUT2D eigenvalue weighted by atomic mass is 35.5. The van der Waals surface area contributed by atoms with Gasteiger partial charge in [-0.2, -0.15) is 0 Å². The zero-order valence-electron chi connectivity index (χ0n) is 14.9. The first-order valence-corrected chi connectivity index (χ1v) is 9.04. The Morgan fingerprint density at radius 1 is 1.08 bits per heavy atom. The Balaban J connectivity index is 0.00000208. The maximum absolute atomic E-state index is 5.33. The number of unbranched alkanes of at least 4 members (excludes halogenated alkanes) is 1. The summed E-state index contributed by atoms with van der Waals surface area (Å²) in [5.41, 5.74) is 1.47. The number of nitrogens with zero attached hydrogens (tertiary/aromatic N) is 1. The van der Waals surface area contributed by atoms with Crippen molar-refractivity contribution in [1.29, 1.82) is 0 Å². The molecule has 3 rings (SSSR count). The fraction of sp³-hybridized carbons (Fsp3) is 0.524. The van der Waals surface area contributed by atoms with E-state index >= 15 is 0 Å². The maximum Gasteiger partial charge on any atom is 0.119 e. The van der Waals surface area contributed by atoms with Crippen LogP contribution in [0.2, 0.25) is 0 Å².